The van der Waals surface area contributed by atoms with Gasteiger partial charge in [-0.1, -0.05) is 73.0 Å². The molecule has 0 spiro atoms. The molecule has 2 aliphatic rings. The summed E-state index contributed by atoms with van der Waals surface area (Å²) in [5.74, 6) is 1.13. The first kappa shape index (κ1) is 29.9. The molecular weight excluding hydrogens is 598 g/mol. The first-order chi connectivity index (χ1) is 21.3. The van der Waals surface area contributed by atoms with Crippen LogP contribution in [0.15, 0.2) is 72.8 Å². The zero-order valence-electron chi connectivity index (χ0n) is 24.9. The summed E-state index contributed by atoms with van der Waals surface area (Å²) >= 11 is 0. The van der Waals surface area contributed by atoms with E-state index in [1.807, 2.05) is 32.0 Å². The van der Waals surface area contributed by atoms with Gasteiger partial charge in [0.25, 0.3) is 0 Å². The molecule has 4 aromatic carbocycles. The largest absolute Gasteiger partial charge is 0.532 e. The summed E-state index contributed by atoms with van der Waals surface area (Å²) in [6, 6.07) is 22.2. The standard InChI is InChI=1S/C34H32O8P2/c1-5-6-11-24-17-22(3)19-26(32(24)40-44-38-30-15-10-8-13-28(30)34(36)42-44)20-25-18-21(2)16-23(4)31(25)39-43-37-29-14-9-7-12-27(29)33(35)41-43/h7-10,12-19H,5-6,11,20H2,1-4H3. The predicted molar refractivity (Wildman–Crippen MR) is 169 cm³/mol. The van der Waals surface area contributed by atoms with Crippen molar-refractivity contribution in [2.45, 2.75) is 53.4 Å². The van der Waals surface area contributed by atoms with Gasteiger partial charge >= 0.3 is 29.1 Å². The van der Waals surface area contributed by atoms with E-state index in [0.29, 0.717) is 40.5 Å². The molecule has 0 amide bonds. The zero-order valence-corrected chi connectivity index (χ0v) is 26.7. The molecule has 10 heteroatoms. The Morgan fingerprint density at radius 1 is 0.636 bits per heavy atom. The van der Waals surface area contributed by atoms with E-state index in [1.165, 1.54) is 0 Å². The number of aryl methyl sites for hydroxylation is 4. The quantitative estimate of drug-likeness (QED) is 0.169. The Kier molecular flexibility index (Phi) is 8.74. The fourth-order valence-electron chi connectivity index (χ4n) is 5.32. The molecule has 0 aliphatic carbocycles. The molecule has 2 unspecified atom stereocenters. The topological polar surface area (TPSA) is 89.5 Å². The first-order valence-corrected chi connectivity index (χ1v) is 16.7. The Morgan fingerprint density at radius 3 is 1.73 bits per heavy atom. The molecule has 4 aromatic rings. The Hall–Kier alpha value is -4.12. The average Bonchev–Trinajstić information content (AvgIpc) is 2.99. The number of hydrogen-bond donors (Lipinski definition) is 0. The number of fused-ring (bicyclic) bond motifs is 2. The lowest BCUT2D eigenvalue weighted by Crippen LogP contribution is -2.15. The van der Waals surface area contributed by atoms with E-state index in [0.717, 1.165) is 52.6 Å². The Balaban J connectivity index is 1.34. The van der Waals surface area contributed by atoms with Crippen LogP contribution in [0.1, 0.15) is 73.9 Å². The molecule has 6 rings (SSSR count). The number of unbranched alkanes of at least 4 members (excludes halogenated alkanes) is 1. The van der Waals surface area contributed by atoms with Crippen molar-refractivity contribution in [2.75, 3.05) is 0 Å². The average molecular weight is 631 g/mol. The number of carbonyl (C=O) groups is 2. The van der Waals surface area contributed by atoms with Gasteiger partial charge in [-0.05, 0) is 80.1 Å². The van der Waals surface area contributed by atoms with Crippen molar-refractivity contribution in [1.82, 2.24) is 0 Å². The summed E-state index contributed by atoms with van der Waals surface area (Å²) in [5.41, 5.74) is 6.54. The molecule has 44 heavy (non-hydrogen) atoms. The number of hydrogen-bond acceptors (Lipinski definition) is 8. The summed E-state index contributed by atoms with van der Waals surface area (Å²) in [5, 5.41) is 0. The first-order valence-electron chi connectivity index (χ1n) is 14.5. The fraction of sp³-hybridized carbons (Fsp3) is 0.235. The Bertz CT molecular complexity index is 1740. The molecule has 0 radical (unpaired) electrons. The smallest absolute Gasteiger partial charge is 0.408 e. The van der Waals surface area contributed by atoms with Gasteiger partial charge in [0.15, 0.2) is 0 Å². The fourth-order valence-corrected chi connectivity index (χ4v) is 7.45. The third-order valence-corrected chi connectivity index (χ3v) is 9.25. The zero-order chi connectivity index (χ0) is 30.8. The highest BCUT2D eigenvalue weighted by atomic mass is 31.2. The highest BCUT2D eigenvalue weighted by Gasteiger charge is 2.35. The summed E-state index contributed by atoms with van der Waals surface area (Å²) in [4.78, 5) is 25.4. The maximum absolute atomic E-state index is 12.8. The third-order valence-electron chi connectivity index (χ3n) is 7.27. The van der Waals surface area contributed by atoms with Crippen LogP contribution in [0.4, 0.5) is 0 Å². The van der Waals surface area contributed by atoms with Crippen LogP contribution in [0, 0.1) is 20.8 Å². The molecule has 0 saturated heterocycles. The Morgan fingerprint density at radius 2 is 1.14 bits per heavy atom. The van der Waals surface area contributed by atoms with E-state index < -0.39 is 29.1 Å². The van der Waals surface area contributed by atoms with Crippen LogP contribution in [0.25, 0.3) is 0 Å². The normalized spacial score (nSPS) is 16.9. The molecule has 0 N–H and O–H groups in total. The lowest BCUT2D eigenvalue weighted by molar-refractivity contribution is 0.0685. The van der Waals surface area contributed by atoms with Crippen LogP contribution in [0.2, 0.25) is 0 Å². The molecule has 2 atom stereocenters. The van der Waals surface area contributed by atoms with Gasteiger partial charge in [0, 0.05) is 6.42 Å². The van der Waals surface area contributed by atoms with Crippen molar-refractivity contribution in [2.24, 2.45) is 0 Å². The van der Waals surface area contributed by atoms with Gasteiger partial charge in [-0.3, -0.25) is 0 Å². The van der Waals surface area contributed by atoms with Crippen molar-refractivity contribution >= 4 is 29.1 Å². The lowest BCUT2D eigenvalue weighted by Gasteiger charge is -2.26. The lowest BCUT2D eigenvalue weighted by atomic mass is 9.94. The predicted octanol–water partition coefficient (Wildman–Crippen LogP) is 9.26. The second kappa shape index (κ2) is 12.9. The summed E-state index contributed by atoms with van der Waals surface area (Å²) in [6.45, 7) is 8.17. The van der Waals surface area contributed by atoms with Crippen LogP contribution in [0.3, 0.4) is 0 Å². The molecule has 0 fully saturated rings. The van der Waals surface area contributed by atoms with E-state index in [4.69, 9.17) is 27.1 Å². The highest BCUT2D eigenvalue weighted by Crippen LogP contribution is 2.51. The number of para-hydroxylation sites is 2. The van der Waals surface area contributed by atoms with Crippen molar-refractivity contribution in [3.63, 3.8) is 0 Å². The van der Waals surface area contributed by atoms with Crippen molar-refractivity contribution in [3.05, 3.63) is 117 Å². The van der Waals surface area contributed by atoms with Crippen molar-refractivity contribution < 1.29 is 36.7 Å². The molecule has 8 nitrogen and oxygen atoms in total. The second-order valence-electron chi connectivity index (χ2n) is 10.8. The summed E-state index contributed by atoms with van der Waals surface area (Å²) < 4.78 is 35.9. The number of benzene rings is 4. The molecule has 2 aliphatic heterocycles. The van der Waals surface area contributed by atoms with Crippen LogP contribution in [-0.2, 0) is 21.9 Å². The van der Waals surface area contributed by atoms with E-state index in [9.17, 15) is 9.59 Å². The molecule has 0 saturated carbocycles. The molecule has 0 aromatic heterocycles. The molecule has 0 bridgehead atoms. The van der Waals surface area contributed by atoms with Crippen molar-refractivity contribution in [1.29, 1.82) is 0 Å². The van der Waals surface area contributed by atoms with E-state index in [2.05, 4.69) is 26.0 Å². The van der Waals surface area contributed by atoms with E-state index >= 15 is 0 Å². The second-order valence-corrected chi connectivity index (χ2v) is 12.8. The van der Waals surface area contributed by atoms with Gasteiger partial charge in [0.05, 0.1) is 0 Å². The SMILES string of the molecule is CCCCc1cc(C)cc(Cc2cc(C)cc(C)c2OP2OC(=O)c3ccccc3O2)c1OP1OC(=O)c2ccccc2O1. The number of rotatable bonds is 9. The van der Waals surface area contributed by atoms with Gasteiger partial charge in [-0.25, -0.2) is 9.59 Å². The molecule has 226 valence electrons. The number of carbonyl (C=O) groups excluding carboxylic acids is 2. The van der Waals surface area contributed by atoms with Crippen LogP contribution in [0.5, 0.6) is 23.0 Å². The minimum absolute atomic E-state index is 0.368. The molecule has 2 heterocycles. The van der Waals surface area contributed by atoms with Gasteiger partial charge in [0.1, 0.15) is 34.1 Å². The summed E-state index contributed by atoms with van der Waals surface area (Å²) in [7, 11) is -4.04. The van der Waals surface area contributed by atoms with Gasteiger partial charge in [-0.15, -0.1) is 0 Å². The van der Waals surface area contributed by atoms with Gasteiger partial charge in [-0.2, -0.15) is 0 Å². The Labute approximate surface area is 259 Å². The molecular formula is C34H32O8P2. The maximum atomic E-state index is 12.8. The van der Waals surface area contributed by atoms with Gasteiger partial charge < -0.3 is 27.1 Å². The van der Waals surface area contributed by atoms with Crippen LogP contribution >= 0.6 is 17.2 Å². The van der Waals surface area contributed by atoms with Gasteiger partial charge in [0.2, 0.25) is 0 Å². The minimum Gasteiger partial charge on any atom is -0.408 e. The van der Waals surface area contributed by atoms with Crippen LogP contribution < -0.4 is 18.1 Å². The van der Waals surface area contributed by atoms with E-state index in [1.54, 1.807) is 42.5 Å². The summed E-state index contributed by atoms with van der Waals surface area (Å²) in [6.07, 6.45) is 3.21. The monoisotopic (exact) mass is 630 g/mol. The minimum atomic E-state index is -2.02. The van der Waals surface area contributed by atoms with Crippen LogP contribution in [-0.4, -0.2) is 11.9 Å². The van der Waals surface area contributed by atoms with Crippen molar-refractivity contribution in [3.8, 4) is 23.0 Å². The maximum Gasteiger partial charge on any atom is 0.532 e. The highest BCUT2D eigenvalue weighted by molar-refractivity contribution is 7.43. The van der Waals surface area contributed by atoms with E-state index in [-0.39, 0.29) is 0 Å². The third kappa shape index (κ3) is 6.38.